The molecule has 1 aromatic heterocycles. The van der Waals surface area contributed by atoms with Crippen molar-refractivity contribution in [2.75, 3.05) is 12.3 Å². The first-order valence-corrected chi connectivity index (χ1v) is 7.54. The van der Waals surface area contributed by atoms with Gasteiger partial charge in [-0.15, -0.1) is 11.8 Å². The van der Waals surface area contributed by atoms with Crippen LogP contribution in [0.2, 0.25) is 0 Å². The van der Waals surface area contributed by atoms with Crippen molar-refractivity contribution in [3.8, 4) is 0 Å². The third-order valence-corrected chi connectivity index (χ3v) is 4.45. The molecule has 0 unspecified atom stereocenters. The molecule has 2 aliphatic rings. The molecule has 2 aliphatic carbocycles. The van der Waals surface area contributed by atoms with E-state index in [0.29, 0.717) is 0 Å². The fourth-order valence-electron chi connectivity index (χ4n) is 2.37. The van der Waals surface area contributed by atoms with E-state index in [1.54, 1.807) is 24.2 Å². The van der Waals surface area contributed by atoms with E-state index in [-0.39, 0.29) is 0 Å². The first kappa shape index (κ1) is 11.5. The Morgan fingerprint density at radius 2 is 2.00 bits per heavy atom. The summed E-state index contributed by atoms with van der Waals surface area (Å²) in [6, 6.07) is 0.817. The van der Waals surface area contributed by atoms with Crippen LogP contribution in [0.4, 0.5) is 0 Å². The summed E-state index contributed by atoms with van der Waals surface area (Å²) in [6.07, 6.45) is 11.1. The topological polar surface area (TPSA) is 37.8 Å². The van der Waals surface area contributed by atoms with Crippen LogP contribution in [0.25, 0.3) is 0 Å². The average molecular weight is 249 g/mol. The summed E-state index contributed by atoms with van der Waals surface area (Å²) in [5.41, 5.74) is 0. The second-order valence-corrected chi connectivity index (χ2v) is 6.16. The smallest absolute Gasteiger partial charge is 0.114 e. The van der Waals surface area contributed by atoms with Gasteiger partial charge in [-0.2, -0.15) is 0 Å². The minimum atomic E-state index is 0.817. The van der Waals surface area contributed by atoms with E-state index < -0.39 is 0 Å². The summed E-state index contributed by atoms with van der Waals surface area (Å²) in [6.45, 7) is 1.10. The Morgan fingerprint density at radius 1 is 1.24 bits per heavy atom. The van der Waals surface area contributed by atoms with Crippen molar-refractivity contribution in [2.45, 2.75) is 36.8 Å². The molecule has 0 bridgehead atoms. The van der Waals surface area contributed by atoms with Gasteiger partial charge in [-0.3, -0.25) is 4.98 Å². The highest BCUT2D eigenvalue weighted by Gasteiger charge is 2.40. The molecule has 1 aromatic rings. The maximum absolute atomic E-state index is 4.26. The van der Waals surface area contributed by atoms with Gasteiger partial charge in [0.15, 0.2) is 0 Å². The van der Waals surface area contributed by atoms with Gasteiger partial charge in [0.25, 0.3) is 0 Å². The highest BCUT2D eigenvalue weighted by Crippen LogP contribution is 2.44. The quantitative estimate of drug-likeness (QED) is 0.594. The minimum absolute atomic E-state index is 0.817. The molecule has 0 saturated heterocycles. The summed E-state index contributed by atoms with van der Waals surface area (Å²) in [4.78, 5) is 8.33. The normalized spacial score (nSPS) is 19.8. The first-order chi connectivity index (χ1) is 8.43. The molecule has 3 nitrogen and oxygen atoms in total. The van der Waals surface area contributed by atoms with Crippen LogP contribution < -0.4 is 5.32 Å². The summed E-state index contributed by atoms with van der Waals surface area (Å²) in [5.74, 6) is 3.07. The van der Waals surface area contributed by atoms with Crippen molar-refractivity contribution < 1.29 is 0 Å². The second-order valence-electron chi connectivity index (χ2n) is 5.05. The van der Waals surface area contributed by atoms with Crippen LogP contribution in [0.5, 0.6) is 0 Å². The predicted octanol–water partition coefficient (Wildman–Crippen LogP) is 2.35. The van der Waals surface area contributed by atoms with Gasteiger partial charge in [-0.25, -0.2) is 4.98 Å². The van der Waals surface area contributed by atoms with Crippen molar-refractivity contribution in [2.24, 2.45) is 11.8 Å². The number of hydrogen-bond acceptors (Lipinski definition) is 4. The Morgan fingerprint density at radius 3 is 2.59 bits per heavy atom. The van der Waals surface area contributed by atoms with E-state index in [2.05, 4.69) is 15.3 Å². The average Bonchev–Trinajstić information content (AvgIpc) is 3.24. The Hall–Kier alpha value is -0.610. The molecule has 0 aliphatic heterocycles. The summed E-state index contributed by atoms with van der Waals surface area (Å²) < 4.78 is 0. The third kappa shape index (κ3) is 3.42. The van der Waals surface area contributed by atoms with Gasteiger partial charge in [0.05, 0.1) is 6.20 Å². The van der Waals surface area contributed by atoms with Crippen LogP contribution in [0.1, 0.15) is 25.7 Å². The highest BCUT2D eigenvalue weighted by molar-refractivity contribution is 7.99. The lowest BCUT2D eigenvalue weighted by Crippen LogP contribution is -2.34. The number of nitrogens with zero attached hydrogens (tertiary/aromatic N) is 2. The standard InChI is InChI=1S/C13H19N3S/c1-2-10(1)13(11-3-4-11)16-7-8-17-12-9-14-5-6-15-12/h5-6,9-11,13,16H,1-4,7-8H2. The number of nitrogens with one attached hydrogen (secondary N) is 1. The van der Waals surface area contributed by atoms with Gasteiger partial charge in [0.1, 0.15) is 5.03 Å². The van der Waals surface area contributed by atoms with E-state index in [1.165, 1.54) is 25.7 Å². The fraction of sp³-hybridized carbons (Fsp3) is 0.692. The van der Waals surface area contributed by atoms with Crippen molar-refractivity contribution in [1.29, 1.82) is 0 Å². The zero-order valence-corrected chi connectivity index (χ0v) is 10.8. The van der Waals surface area contributed by atoms with Crippen LogP contribution in [0.3, 0.4) is 0 Å². The SMILES string of the molecule is c1cnc(SCCNC(C2CC2)C2CC2)cn1. The first-order valence-electron chi connectivity index (χ1n) is 6.55. The van der Waals surface area contributed by atoms with Crippen LogP contribution in [-0.2, 0) is 0 Å². The lowest BCUT2D eigenvalue weighted by Gasteiger charge is -2.17. The molecule has 92 valence electrons. The van der Waals surface area contributed by atoms with Gasteiger partial charge < -0.3 is 5.32 Å². The summed E-state index contributed by atoms with van der Waals surface area (Å²) in [5, 5.41) is 4.78. The maximum Gasteiger partial charge on any atom is 0.114 e. The Bertz CT molecular complexity index is 337. The molecule has 1 N–H and O–H groups in total. The van der Waals surface area contributed by atoms with Crippen LogP contribution in [0, 0.1) is 11.8 Å². The minimum Gasteiger partial charge on any atom is -0.313 e. The largest absolute Gasteiger partial charge is 0.313 e. The molecule has 0 spiro atoms. The summed E-state index contributed by atoms with van der Waals surface area (Å²) >= 11 is 1.79. The van der Waals surface area contributed by atoms with Crippen molar-refractivity contribution in [3.05, 3.63) is 18.6 Å². The molecule has 17 heavy (non-hydrogen) atoms. The molecule has 2 saturated carbocycles. The van der Waals surface area contributed by atoms with E-state index in [1.807, 2.05) is 6.20 Å². The molecule has 0 aromatic carbocycles. The molecular weight excluding hydrogens is 230 g/mol. The van der Waals surface area contributed by atoms with Crippen LogP contribution in [-0.4, -0.2) is 28.3 Å². The van der Waals surface area contributed by atoms with Crippen molar-refractivity contribution >= 4 is 11.8 Å². The van der Waals surface area contributed by atoms with E-state index in [9.17, 15) is 0 Å². The molecule has 4 heteroatoms. The van der Waals surface area contributed by atoms with E-state index >= 15 is 0 Å². The molecule has 1 heterocycles. The number of rotatable bonds is 7. The molecule has 0 radical (unpaired) electrons. The zero-order valence-electron chi connectivity index (χ0n) is 10.0. The number of thioether (sulfide) groups is 1. The Labute approximate surface area is 107 Å². The van der Waals surface area contributed by atoms with E-state index in [4.69, 9.17) is 0 Å². The van der Waals surface area contributed by atoms with Gasteiger partial charge in [-0.05, 0) is 37.5 Å². The molecule has 3 rings (SSSR count). The monoisotopic (exact) mass is 249 g/mol. The van der Waals surface area contributed by atoms with E-state index in [0.717, 1.165) is 35.2 Å². The maximum atomic E-state index is 4.26. The van der Waals surface area contributed by atoms with Crippen molar-refractivity contribution in [1.82, 2.24) is 15.3 Å². The van der Waals surface area contributed by atoms with Crippen LogP contribution in [0.15, 0.2) is 23.6 Å². The van der Waals surface area contributed by atoms with Gasteiger partial charge in [0, 0.05) is 30.7 Å². The summed E-state index contributed by atoms with van der Waals surface area (Å²) in [7, 11) is 0. The van der Waals surface area contributed by atoms with Crippen LogP contribution >= 0.6 is 11.8 Å². The fourth-order valence-corrected chi connectivity index (χ4v) is 3.07. The Kier molecular flexibility index (Phi) is 3.62. The molecule has 2 fully saturated rings. The predicted molar refractivity (Wildman–Crippen MR) is 70.0 cm³/mol. The molecular formula is C13H19N3S. The Balaban J connectivity index is 1.37. The number of aromatic nitrogens is 2. The lowest BCUT2D eigenvalue weighted by atomic mass is 10.1. The molecule has 0 atom stereocenters. The van der Waals surface area contributed by atoms with Gasteiger partial charge in [0.2, 0.25) is 0 Å². The number of hydrogen-bond donors (Lipinski definition) is 1. The zero-order chi connectivity index (χ0) is 11.5. The van der Waals surface area contributed by atoms with Gasteiger partial charge >= 0.3 is 0 Å². The second kappa shape index (κ2) is 5.36. The molecule has 0 amide bonds. The van der Waals surface area contributed by atoms with Gasteiger partial charge in [-0.1, -0.05) is 0 Å². The highest BCUT2D eigenvalue weighted by atomic mass is 32.2. The van der Waals surface area contributed by atoms with Crippen molar-refractivity contribution in [3.63, 3.8) is 0 Å². The third-order valence-electron chi connectivity index (χ3n) is 3.53. The lowest BCUT2D eigenvalue weighted by molar-refractivity contribution is 0.429.